The smallest absolute Gasteiger partial charge is 0.268 e. The highest BCUT2D eigenvalue weighted by Crippen LogP contribution is 2.41. The van der Waals surface area contributed by atoms with Crippen LogP contribution < -0.4 is 4.90 Å². The minimum Gasteiger partial charge on any atom is -0.268 e. The van der Waals surface area contributed by atoms with Crippen LogP contribution in [-0.2, 0) is 9.59 Å². The van der Waals surface area contributed by atoms with Crippen molar-refractivity contribution in [3.05, 3.63) is 99.1 Å². The number of hydrogen-bond donors (Lipinski definition) is 0. The molecule has 0 saturated heterocycles. The number of carbonyl (C=O) groups is 2. The first-order valence-corrected chi connectivity index (χ1v) is 10.1. The Balaban J connectivity index is 1.80. The van der Waals surface area contributed by atoms with Crippen molar-refractivity contribution in [2.45, 2.75) is 4.90 Å². The van der Waals surface area contributed by atoms with Crippen molar-refractivity contribution in [3.8, 4) is 0 Å². The summed E-state index contributed by atoms with van der Waals surface area (Å²) in [6, 6.07) is 18.9. The van der Waals surface area contributed by atoms with Crippen molar-refractivity contribution in [3.63, 3.8) is 0 Å². The van der Waals surface area contributed by atoms with Gasteiger partial charge in [-0.05, 0) is 66.2 Å². The molecule has 1 aliphatic heterocycles. The Labute approximate surface area is 180 Å². The summed E-state index contributed by atoms with van der Waals surface area (Å²) in [5, 5.41) is 1.09. The van der Waals surface area contributed by atoms with Crippen molar-refractivity contribution >= 4 is 58.0 Å². The molecule has 0 fully saturated rings. The molecule has 144 valence electrons. The SMILES string of the molecule is O=C1C(Sc2ccc(Cl)cc2)=C(c2ccc(Cl)cc2)C(=O)N1c1ccc(F)cc1. The van der Waals surface area contributed by atoms with Crippen molar-refractivity contribution in [2.75, 3.05) is 4.90 Å². The van der Waals surface area contributed by atoms with Gasteiger partial charge in [-0.3, -0.25) is 9.59 Å². The summed E-state index contributed by atoms with van der Waals surface area (Å²) in [7, 11) is 0. The minimum absolute atomic E-state index is 0.274. The second kappa shape index (κ2) is 8.03. The van der Waals surface area contributed by atoms with Gasteiger partial charge in [0, 0.05) is 14.9 Å². The second-order valence-electron chi connectivity index (χ2n) is 6.19. The minimum atomic E-state index is -0.472. The van der Waals surface area contributed by atoms with Crippen LogP contribution in [0.15, 0.2) is 82.6 Å². The van der Waals surface area contributed by atoms with Gasteiger partial charge in [0.1, 0.15) is 5.82 Å². The zero-order valence-corrected chi connectivity index (χ0v) is 17.1. The first-order chi connectivity index (χ1) is 13.9. The van der Waals surface area contributed by atoms with E-state index in [2.05, 4.69) is 0 Å². The van der Waals surface area contributed by atoms with Gasteiger partial charge in [-0.2, -0.15) is 0 Å². The van der Waals surface area contributed by atoms with E-state index < -0.39 is 17.6 Å². The first kappa shape index (κ1) is 19.7. The highest BCUT2D eigenvalue weighted by atomic mass is 35.5. The Morgan fingerprint density at radius 1 is 0.724 bits per heavy atom. The number of benzene rings is 3. The van der Waals surface area contributed by atoms with Crippen LogP contribution >= 0.6 is 35.0 Å². The fourth-order valence-corrected chi connectivity index (χ4v) is 4.17. The molecule has 0 radical (unpaired) electrons. The number of carbonyl (C=O) groups excluding carboxylic acids is 2. The third-order valence-corrected chi connectivity index (χ3v) is 5.89. The number of thioether (sulfide) groups is 1. The maximum Gasteiger partial charge on any atom is 0.272 e. The highest BCUT2D eigenvalue weighted by Gasteiger charge is 2.40. The van der Waals surface area contributed by atoms with Gasteiger partial charge in [-0.15, -0.1) is 0 Å². The molecule has 1 aliphatic rings. The molecule has 29 heavy (non-hydrogen) atoms. The van der Waals surface area contributed by atoms with Crippen molar-refractivity contribution in [2.24, 2.45) is 0 Å². The Morgan fingerprint density at radius 2 is 1.28 bits per heavy atom. The van der Waals surface area contributed by atoms with Crippen LogP contribution in [0.4, 0.5) is 10.1 Å². The second-order valence-corrected chi connectivity index (χ2v) is 8.15. The molecule has 3 aromatic carbocycles. The largest absolute Gasteiger partial charge is 0.272 e. The summed E-state index contributed by atoms with van der Waals surface area (Å²) in [5.41, 5.74) is 1.16. The topological polar surface area (TPSA) is 37.4 Å². The van der Waals surface area contributed by atoms with Gasteiger partial charge < -0.3 is 0 Å². The predicted octanol–water partition coefficient (Wildman–Crippen LogP) is 6.21. The Hall–Kier alpha value is -2.60. The number of halogens is 3. The van der Waals surface area contributed by atoms with Gasteiger partial charge in [0.15, 0.2) is 0 Å². The average molecular weight is 444 g/mol. The Kier molecular flexibility index (Phi) is 5.46. The van der Waals surface area contributed by atoms with Gasteiger partial charge in [0.2, 0.25) is 0 Å². The number of imide groups is 1. The summed E-state index contributed by atoms with van der Waals surface area (Å²) in [4.78, 5) is 28.5. The quantitative estimate of drug-likeness (QED) is 0.449. The number of rotatable bonds is 4. The molecule has 0 spiro atoms. The number of anilines is 1. The van der Waals surface area contributed by atoms with E-state index in [9.17, 15) is 14.0 Å². The van der Waals surface area contributed by atoms with E-state index in [4.69, 9.17) is 23.2 Å². The maximum absolute atomic E-state index is 13.3. The van der Waals surface area contributed by atoms with E-state index >= 15 is 0 Å². The molecular formula is C22H12Cl2FNO2S. The van der Waals surface area contributed by atoms with Crippen molar-refractivity contribution < 1.29 is 14.0 Å². The van der Waals surface area contributed by atoms with Crippen molar-refractivity contribution in [1.29, 1.82) is 0 Å². The number of amides is 2. The lowest BCUT2D eigenvalue weighted by Crippen LogP contribution is -2.31. The van der Waals surface area contributed by atoms with Crippen LogP contribution in [0.25, 0.3) is 5.57 Å². The molecule has 2 amide bonds. The molecule has 7 heteroatoms. The van der Waals surface area contributed by atoms with Crippen LogP contribution in [0.5, 0.6) is 0 Å². The molecule has 3 aromatic rings. The fraction of sp³-hybridized carbons (Fsp3) is 0. The van der Waals surface area contributed by atoms with E-state index in [1.54, 1.807) is 48.5 Å². The monoisotopic (exact) mass is 443 g/mol. The van der Waals surface area contributed by atoms with Gasteiger partial charge in [0.05, 0.1) is 16.2 Å². The van der Waals surface area contributed by atoms with E-state index in [0.29, 0.717) is 21.3 Å². The molecule has 0 aliphatic carbocycles. The molecule has 0 atom stereocenters. The van der Waals surface area contributed by atoms with Crippen LogP contribution in [0, 0.1) is 5.82 Å². The van der Waals surface area contributed by atoms with Crippen LogP contribution in [0.3, 0.4) is 0 Å². The molecule has 4 rings (SSSR count). The highest BCUT2D eigenvalue weighted by molar-refractivity contribution is 8.04. The molecular weight excluding hydrogens is 432 g/mol. The molecule has 0 aromatic heterocycles. The molecule has 1 heterocycles. The first-order valence-electron chi connectivity index (χ1n) is 8.52. The van der Waals surface area contributed by atoms with Crippen LogP contribution in [0.2, 0.25) is 10.0 Å². The van der Waals surface area contributed by atoms with Crippen LogP contribution in [-0.4, -0.2) is 11.8 Å². The van der Waals surface area contributed by atoms with E-state index in [0.717, 1.165) is 9.80 Å². The standard InChI is InChI=1S/C22H12Cl2FNO2S/c23-14-3-1-13(2-4-14)19-20(29-18-11-5-15(24)6-12-18)22(28)26(21(19)27)17-9-7-16(25)8-10-17/h1-12H. The predicted molar refractivity (Wildman–Crippen MR) is 115 cm³/mol. The number of hydrogen-bond acceptors (Lipinski definition) is 3. The molecule has 0 saturated carbocycles. The summed E-state index contributed by atoms with van der Waals surface area (Å²) in [6.07, 6.45) is 0. The van der Waals surface area contributed by atoms with Crippen molar-refractivity contribution in [1.82, 2.24) is 0 Å². The van der Waals surface area contributed by atoms with Gasteiger partial charge in [0.25, 0.3) is 11.8 Å². The fourth-order valence-electron chi connectivity index (χ4n) is 2.92. The van der Waals surface area contributed by atoms with E-state index in [1.807, 2.05) is 0 Å². The molecule has 3 nitrogen and oxygen atoms in total. The average Bonchev–Trinajstić information content (AvgIpc) is 2.95. The lowest BCUT2D eigenvalue weighted by molar-refractivity contribution is -0.119. The van der Waals surface area contributed by atoms with E-state index in [1.165, 1.54) is 36.0 Å². The lowest BCUT2D eigenvalue weighted by atomic mass is 10.1. The number of nitrogens with zero attached hydrogens (tertiary/aromatic N) is 1. The zero-order valence-electron chi connectivity index (χ0n) is 14.7. The van der Waals surface area contributed by atoms with Gasteiger partial charge in [-0.1, -0.05) is 47.1 Å². The molecule has 0 bridgehead atoms. The Bertz CT molecular complexity index is 1130. The molecule has 0 N–H and O–H groups in total. The maximum atomic E-state index is 13.3. The summed E-state index contributed by atoms with van der Waals surface area (Å²) >= 11 is 13.1. The Morgan fingerprint density at radius 3 is 1.86 bits per heavy atom. The van der Waals surface area contributed by atoms with Gasteiger partial charge >= 0.3 is 0 Å². The van der Waals surface area contributed by atoms with Gasteiger partial charge in [-0.25, -0.2) is 9.29 Å². The third-order valence-electron chi connectivity index (χ3n) is 4.29. The van der Waals surface area contributed by atoms with Crippen LogP contribution in [0.1, 0.15) is 5.56 Å². The lowest BCUT2D eigenvalue weighted by Gasteiger charge is -2.15. The third kappa shape index (κ3) is 3.94. The normalized spacial score (nSPS) is 14.1. The summed E-state index contributed by atoms with van der Waals surface area (Å²) in [6.45, 7) is 0. The summed E-state index contributed by atoms with van der Waals surface area (Å²) < 4.78 is 13.3. The zero-order chi connectivity index (χ0) is 20.5. The van der Waals surface area contributed by atoms with E-state index in [-0.39, 0.29) is 10.5 Å². The summed E-state index contributed by atoms with van der Waals surface area (Å²) in [5.74, 6) is -1.39. The molecule has 0 unspecified atom stereocenters.